The lowest BCUT2D eigenvalue weighted by molar-refractivity contribution is -0.120. The molecule has 0 unspecified atom stereocenters. The Labute approximate surface area is 218 Å². The van der Waals surface area contributed by atoms with Gasteiger partial charge in [-0.1, -0.05) is 34.1 Å². The summed E-state index contributed by atoms with van der Waals surface area (Å²) in [6.07, 6.45) is 6.44. The number of sulfonamides is 1. The summed E-state index contributed by atoms with van der Waals surface area (Å²) in [5.41, 5.74) is 11.1. The number of carbonyl (C=O) groups is 1. The molecule has 2 aromatic carbocycles. The molecule has 5 rings (SSSR count). The van der Waals surface area contributed by atoms with E-state index in [1.54, 1.807) is 4.52 Å². The Morgan fingerprint density at radius 2 is 1.83 bits per heavy atom. The highest BCUT2D eigenvalue weighted by Crippen LogP contribution is 2.39. The number of nitrogens with two attached hydrogens (primary N) is 1. The van der Waals surface area contributed by atoms with Crippen LogP contribution in [0.3, 0.4) is 0 Å². The van der Waals surface area contributed by atoms with Crippen LogP contribution in [-0.4, -0.2) is 35.2 Å². The Hall–Kier alpha value is -2.98. The third-order valence-corrected chi connectivity index (χ3v) is 8.18. The quantitative estimate of drug-likeness (QED) is 0.351. The van der Waals surface area contributed by atoms with Gasteiger partial charge in [-0.2, -0.15) is 9.61 Å². The number of nitrogen functional groups attached to an aromatic ring is 1. The molecule has 0 saturated heterocycles. The van der Waals surface area contributed by atoms with Crippen LogP contribution in [0.15, 0.2) is 47.1 Å². The van der Waals surface area contributed by atoms with E-state index >= 15 is 0 Å². The van der Waals surface area contributed by atoms with E-state index in [1.807, 2.05) is 19.2 Å². The zero-order valence-electron chi connectivity index (χ0n) is 20.2. The summed E-state index contributed by atoms with van der Waals surface area (Å²) in [5.74, 6) is 0.531. The predicted molar refractivity (Wildman–Crippen MR) is 145 cm³/mol. The Bertz CT molecular complexity index is 1590. The maximum Gasteiger partial charge on any atom is 0.233 e. The van der Waals surface area contributed by atoms with E-state index in [0.717, 1.165) is 75.2 Å². The maximum absolute atomic E-state index is 12.0. The van der Waals surface area contributed by atoms with Gasteiger partial charge in [-0.3, -0.25) is 9.52 Å². The smallest absolute Gasteiger partial charge is 0.233 e. The van der Waals surface area contributed by atoms with Gasteiger partial charge in [0.05, 0.1) is 18.1 Å². The molecule has 1 amide bonds. The van der Waals surface area contributed by atoms with Crippen molar-refractivity contribution in [2.45, 2.75) is 44.9 Å². The molecule has 188 valence electrons. The first kappa shape index (κ1) is 24.7. The lowest BCUT2D eigenvalue weighted by Gasteiger charge is -2.29. The number of nitrogens with one attached hydrogen (secondary N) is 1. The largest absolute Gasteiger partial charge is 0.383 e. The number of carbonyl (C=O) groups excluding carboxylic acids is 1. The van der Waals surface area contributed by atoms with Crippen LogP contribution in [0.2, 0.25) is 0 Å². The lowest BCUT2D eigenvalue weighted by Crippen LogP contribution is -2.31. The first-order chi connectivity index (χ1) is 17.1. The molecule has 8 nitrogen and oxygen atoms in total. The number of benzene rings is 2. The van der Waals surface area contributed by atoms with Crippen LogP contribution < -0.4 is 10.5 Å². The van der Waals surface area contributed by atoms with Crippen molar-refractivity contribution in [3.63, 3.8) is 0 Å². The van der Waals surface area contributed by atoms with Crippen molar-refractivity contribution in [2.75, 3.05) is 12.0 Å². The SMILES string of the molecule is Cc1c(C2CCC(CC(=O)NS(C)(=O)=O)CC2)nc2c(-c3ccc4cc(Br)ccc4c3)cnn2c1N. The minimum absolute atomic E-state index is 0.160. The van der Waals surface area contributed by atoms with Crippen LogP contribution in [0.4, 0.5) is 5.82 Å². The second kappa shape index (κ2) is 9.48. The van der Waals surface area contributed by atoms with Gasteiger partial charge in [-0.15, -0.1) is 0 Å². The third-order valence-electron chi connectivity index (χ3n) is 7.09. The molecule has 1 aliphatic carbocycles. The molecule has 0 spiro atoms. The highest BCUT2D eigenvalue weighted by atomic mass is 79.9. The van der Waals surface area contributed by atoms with Gasteiger partial charge in [0.2, 0.25) is 15.9 Å². The van der Waals surface area contributed by atoms with E-state index in [2.05, 4.69) is 56.1 Å². The van der Waals surface area contributed by atoms with Gasteiger partial charge in [0.15, 0.2) is 5.65 Å². The molecule has 0 atom stereocenters. The number of nitrogens with zero attached hydrogens (tertiary/aromatic N) is 3. The fourth-order valence-electron chi connectivity index (χ4n) is 5.25. The molecule has 3 N–H and O–H groups in total. The van der Waals surface area contributed by atoms with Crippen molar-refractivity contribution in [3.8, 4) is 11.1 Å². The molecule has 1 fully saturated rings. The molecular weight excluding hydrogens is 542 g/mol. The van der Waals surface area contributed by atoms with Gasteiger partial charge in [-0.05, 0) is 73.1 Å². The van der Waals surface area contributed by atoms with E-state index in [0.29, 0.717) is 5.82 Å². The van der Waals surface area contributed by atoms with Gasteiger partial charge < -0.3 is 5.73 Å². The van der Waals surface area contributed by atoms with Crippen LogP contribution in [0.5, 0.6) is 0 Å². The fraction of sp³-hybridized carbons (Fsp3) is 0.346. The number of hydrogen-bond acceptors (Lipinski definition) is 6. The summed E-state index contributed by atoms with van der Waals surface area (Å²) in [6, 6.07) is 12.5. The fourth-order valence-corrected chi connectivity index (χ4v) is 6.13. The second-order valence-electron chi connectivity index (χ2n) is 9.73. The van der Waals surface area contributed by atoms with E-state index in [9.17, 15) is 13.2 Å². The molecule has 2 aromatic heterocycles. The normalized spacial score (nSPS) is 18.5. The summed E-state index contributed by atoms with van der Waals surface area (Å²) < 4.78 is 27.5. The molecule has 0 radical (unpaired) electrons. The van der Waals surface area contributed by atoms with Gasteiger partial charge in [0, 0.05) is 27.9 Å². The molecule has 0 bridgehead atoms. The Morgan fingerprint density at radius 1 is 1.14 bits per heavy atom. The zero-order chi connectivity index (χ0) is 25.6. The average molecular weight is 571 g/mol. The first-order valence-corrected chi connectivity index (χ1v) is 14.6. The molecule has 1 saturated carbocycles. The predicted octanol–water partition coefficient (Wildman–Crippen LogP) is 4.94. The highest BCUT2D eigenvalue weighted by Gasteiger charge is 2.28. The third kappa shape index (κ3) is 4.97. The van der Waals surface area contributed by atoms with E-state index in [-0.39, 0.29) is 18.3 Å². The molecule has 1 aliphatic rings. The molecule has 36 heavy (non-hydrogen) atoms. The van der Waals surface area contributed by atoms with Crippen molar-refractivity contribution in [1.29, 1.82) is 0 Å². The highest BCUT2D eigenvalue weighted by molar-refractivity contribution is 9.10. The number of rotatable bonds is 5. The van der Waals surface area contributed by atoms with E-state index < -0.39 is 15.9 Å². The van der Waals surface area contributed by atoms with Crippen molar-refractivity contribution in [1.82, 2.24) is 19.3 Å². The minimum atomic E-state index is -3.53. The van der Waals surface area contributed by atoms with Crippen molar-refractivity contribution >= 4 is 54.1 Å². The number of fused-ring (bicyclic) bond motifs is 2. The van der Waals surface area contributed by atoms with Crippen LogP contribution in [-0.2, 0) is 14.8 Å². The molecule has 2 heterocycles. The average Bonchev–Trinajstić information content (AvgIpc) is 3.24. The lowest BCUT2D eigenvalue weighted by atomic mass is 9.78. The summed E-state index contributed by atoms with van der Waals surface area (Å²) in [6.45, 7) is 1.98. The Morgan fingerprint density at radius 3 is 2.56 bits per heavy atom. The topological polar surface area (TPSA) is 119 Å². The van der Waals surface area contributed by atoms with Gasteiger partial charge in [0.1, 0.15) is 5.82 Å². The van der Waals surface area contributed by atoms with Gasteiger partial charge >= 0.3 is 0 Å². The number of amides is 1. The molecule has 4 aromatic rings. The maximum atomic E-state index is 12.0. The number of aromatic nitrogens is 3. The van der Waals surface area contributed by atoms with Gasteiger partial charge in [0.25, 0.3) is 0 Å². The summed E-state index contributed by atoms with van der Waals surface area (Å²) in [4.78, 5) is 17.1. The first-order valence-electron chi connectivity index (χ1n) is 11.9. The van der Waals surface area contributed by atoms with E-state index in [4.69, 9.17) is 10.7 Å². The second-order valence-corrected chi connectivity index (χ2v) is 12.4. The van der Waals surface area contributed by atoms with Crippen LogP contribution in [0, 0.1) is 12.8 Å². The summed E-state index contributed by atoms with van der Waals surface area (Å²) in [7, 11) is -3.53. The van der Waals surface area contributed by atoms with E-state index in [1.165, 1.54) is 0 Å². The standard InChI is InChI=1S/C26H28BrN5O3S/c1-15-24(17-5-3-16(4-6-17)11-23(33)31-36(2,34)35)30-26-22(14-29-32(26)25(15)28)20-8-7-19-13-21(27)10-9-18(19)12-20/h7-10,12-14,16-17H,3-6,11,28H2,1-2H3,(H,31,33). The monoisotopic (exact) mass is 569 g/mol. The molecule has 0 aliphatic heterocycles. The Kier molecular flexibility index (Phi) is 6.50. The minimum Gasteiger partial charge on any atom is -0.383 e. The number of hydrogen-bond donors (Lipinski definition) is 2. The van der Waals surface area contributed by atoms with Crippen molar-refractivity contribution in [2.24, 2.45) is 5.92 Å². The molecular formula is C26H28BrN5O3S. The Balaban J connectivity index is 1.42. The van der Waals surface area contributed by atoms with Crippen LogP contribution in [0.25, 0.3) is 27.5 Å². The number of halogens is 1. The van der Waals surface area contributed by atoms with Crippen molar-refractivity contribution in [3.05, 3.63) is 58.3 Å². The number of anilines is 1. The summed E-state index contributed by atoms with van der Waals surface area (Å²) >= 11 is 3.53. The van der Waals surface area contributed by atoms with Gasteiger partial charge in [-0.25, -0.2) is 13.4 Å². The van der Waals surface area contributed by atoms with Crippen LogP contribution in [0.1, 0.15) is 49.3 Å². The molecule has 10 heteroatoms. The van der Waals surface area contributed by atoms with Crippen molar-refractivity contribution < 1.29 is 13.2 Å². The van der Waals surface area contributed by atoms with Crippen LogP contribution >= 0.6 is 15.9 Å². The summed E-state index contributed by atoms with van der Waals surface area (Å²) in [5, 5.41) is 6.82. The zero-order valence-corrected chi connectivity index (χ0v) is 22.6.